The van der Waals surface area contributed by atoms with Gasteiger partial charge >= 0.3 is 6.03 Å². The molecule has 0 radical (unpaired) electrons. The summed E-state index contributed by atoms with van der Waals surface area (Å²) in [6.07, 6.45) is 2.28. The Kier molecular flexibility index (Phi) is 6.16. The molecule has 2 heterocycles. The van der Waals surface area contributed by atoms with Crippen LogP contribution in [0.4, 0.5) is 10.5 Å². The first-order chi connectivity index (χ1) is 13.1. The zero-order chi connectivity index (χ0) is 19.2. The molecule has 1 aromatic rings. The standard InChI is InChI=1S/C19H26N4O4/c1-27-16-7-5-15(6-8-16)23-13-12-22(19(23)26)14-17(24)20-9-3-11-21-10-2-4-18(21)25/h5-8H,2-4,9-14H2,1H3,(H,20,24). The highest BCUT2D eigenvalue weighted by molar-refractivity contribution is 5.96. The number of likely N-dealkylation sites (tertiary alicyclic amines) is 1. The van der Waals surface area contributed by atoms with Gasteiger partial charge in [-0.1, -0.05) is 0 Å². The van der Waals surface area contributed by atoms with Crippen molar-refractivity contribution in [2.24, 2.45) is 0 Å². The molecule has 1 N–H and O–H groups in total. The van der Waals surface area contributed by atoms with Crippen molar-refractivity contribution in [3.63, 3.8) is 0 Å². The molecule has 2 fully saturated rings. The van der Waals surface area contributed by atoms with Crippen molar-refractivity contribution >= 4 is 23.5 Å². The number of hydrogen-bond acceptors (Lipinski definition) is 4. The highest BCUT2D eigenvalue weighted by Crippen LogP contribution is 2.23. The molecule has 0 aliphatic carbocycles. The quantitative estimate of drug-likeness (QED) is 0.690. The summed E-state index contributed by atoms with van der Waals surface area (Å²) in [6, 6.07) is 7.12. The van der Waals surface area contributed by atoms with Gasteiger partial charge in [-0.15, -0.1) is 0 Å². The van der Waals surface area contributed by atoms with Crippen molar-refractivity contribution in [3.05, 3.63) is 24.3 Å². The smallest absolute Gasteiger partial charge is 0.325 e. The molecule has 2 saturated heterocycles. The van der Waals surface area contributed by atoms with Crippen molar-refractivity contribution in [2.45, 2.75) is 19.3 Å². The van der Waals surface area contributed by atoms with Gasteiger partial charge in [-0.05, 0) is 37.1 Å². The summed E-state index contributed by atoms with van der Waals surface area (Å²) < 4.78 is 5.13. The van der Waals surface area contributed by atoms with E-state index in [1.807, 2.05) is 29.2 Å². The van der Waals surface area contributed by atoms with E-state index in [1.54, 1.807) is 16.9 Å². The number of hydrogen-bond donors (Lipinski definition) is 1. The van der Waals surface area contributed by atoms with Gasteiger partial charge in [0.1, 0.15) is 12.3 Å². The number of carbonyl (C=O) groups is 3. The van der Waals surface area contributed by atoms with Gasteiger partial charge in [-0.3, -0.25) is 14.5 Å². The highest BCUT2D eigenvalue weighted by atomic mass is 16.5. The normalized spacial score (nSPS) is 17.0. The number of carbonyl (C=O) groups excluding carboxylic acids is 3. The van der Waals surface area contributed by atoms with Crippen molar-refractivity contribution in [2.75, 3.05) is 51.3 Å². The number of rotatable bonds is 8. The maximum absolute atomic E-state index is 12.5. The van der Waals surface area contributed by atoms with E-state index >= 15 is 0 Å². The van der Waals surface area contributed by atoms with Crippen molar-refractivity contribution < 1.29 is 19.1 Å². The molecule has 0 atom stereocenters. The average Bonchev–Trinajstić information content (AvgIpc) is 3.25. The van der Waals surface area contributed by atoms with Crippen LogP contribution in [0.3, 0.4) is 0 Å². The number of urea groups is 1. The molecule has 27 heavy (non-hydrogen) atoms. The zero-order valence-corrected chi connectivity index (χ0v) is 15.6. The third kappa shape index (κ3) is 4.69. The maximum Gasteiger partial charge on any atom is 0.325 e. The Morgan fingerprint density at radius 2 is 1.89 bits per heavy atom. The second-order valence-electron chi connectivity index (χ2n) is 6.74. The Balaban J connectivity index is 1.40. The van der Waals surface area contributed by atoms with Crippen LogP contribution < -0.4 is 15.0 Å². The van der Waals surface area contributed by atoms with Crippen LogP contribution in [0.15, 0.2) is 24.3 Å². The Hall–Kier alpha value is -2.77. The summed E-state index contributed by atoms with van der Waals surface area (Å²) in [4.78, 5) is 41.2. The van der Waals surface area contributed by atoms with E-state index in [0.717, 1.165) is 30.8 Å². The lowest BCUT2D eigenvalue weighted by Crippen LogP contribution is -2.40. The van der Waals surface area contributed by atoms with Crippen LogP contribution >= 0.6 is 0 Å². The van der Waals surface area contributed by atoms with Gasteiger partial charge in [0.15, 0.2) is 0 Å². The molecule has 0 bridgehead atoms. The van der Waals surface area contributed by atoms with Crippen LogP contribution in [0, 0.1) is 0 Å². The third-order valence-corrected chi connectivity index (χ3v) is 4.91. The van der Waals surface area contributed by atoms with E-state index in [1.165, 1.54) is 0 Å². The van der Waals surface area contributed by atoms with E-state index in [4.69, 9.17) is 4.74 Å². The molecular formula is C19H26N4O4. The monoisotopic (exact) mass is 374 g/mol. The van der Waals surface area contributed by atoms with Gasteiger partial charge < -0.3 is 19.9 Å². The van der Waals surface area contributed by atoms with Gasteiger partial charge in [0.2, 0.25) is 11.8 Å². The zero-order valence-electron chi connectivity index (χ0n) is 15.6. The fraction of sp³-hybridized carbons (Fsp3) is 0.526. The van der Waals surface area contributed by atoms with Crippen LogP contribution in [-0.4, -0.2) is 74.0 Å². The molecule has 4 amide bonds. The largest absolute Gasteiger partial charge is 0.497 e. The van der Waals surface area contributed by atoms with Crippen LogP contribution in [0.2, 0.25) is 0 Å². The predicted octanol–water partition coefficient (Wildman–Crippen LogP) is 1.07. The number of anilines is 1. The van der Waals surface area contributed by atoms with Gasteiger partial charge in [0.05, 0.1) is 7.11 Å². The summed E-state index contributed by atoms with van der Waals surface area (Å²) in [5.74, 6) is 0.757. The second-order valence-corrected chi connectivity index (χ2v) is 6.74. The lowest BCUT2D eigenvalue weighted by Gasteiger charge is -2.19. The Morgan fingerprint density at radius 3 is 2.56 bits per heavy atom. The number of nitrogens with one attached hydrogen (secondary N) is 1. The van der Waals surface area contributed by atoms with Crippen LogP contribution in [0.1, 0.15) is 19.3 Å². The summed E-state index contributed by atoms with van der Waals surface area (Å²) >= 11 is 0. The first-order valence-electron chi connectivity index (χ1n) is 9.33. The third-order valence-electron chi connectivity index (χ3n) is 4.91. The average molecular weight is 374 g/mol. The first-order valence-corrected chi connectivity index (χ1v) is 9.33. The van der Waals surface area contributed by atoms with Crippen molar-refractivity contribution in [3.8, 4) is 5.75 Å². The number of nitrogens with zero attached hydrogens (tertiary/aromatic N) is 3. The van der Waals surface area contributed by atoms with Gasteiger partial charge in [0, 0.05) is 44.8 Å². The number of ether oxygens (including phenoxy) is 1. The number of amides is 4. The van der Waals surface area contributed by atoms with Gasteiger partial charge in [-0.2, -0.15) is 0 Å². The molecule has 2 aliphatic rings. The van der Waals surface area contributed by atoms with Crippen LogP contribution in [0.5, 0.6) is 5.75 Å². The van der Waals surface area contributed by atoms with Crippen LogP contribution in [0.25, 0.3) is 0 Å². The lowest BCUT2D eigenvalue weighted by atomic mass is 10.3. The minimum Gasteiger partial charge on any atom is -0.497 e. The molecule has 0 spiro atoms. The summed E-state index contributed by atoms with van der Waals surface area (Å²) in [5.41, 5.74) is 0.791. The first kappa shape index (κ1) is 19.0. The summed E-state index contributed by atoms with van der Waals surface area (Å²) in [7, 11) is 1.60. The Morgan fingerprint density at radius 1 is 1.11 bits per heavy atom. The molecule has 146 valence electrons. The molecule has 0 aromatic heterocycles. The number of benzene rings is 1. The van der Waals surface area contributed by atoms with Crippen molar-refractivity contribution in [1.82, 2.24) is 15.1 Å². The van der Waals surface area contributed by atoms with Crippen LogP contribution in [-0.2, 0) is 9.59 Å². The molecule has 2 aliphatic heterocycles. The SMILES string of the molecule is COc1ccc(N2CCN(CC(=O)NCCCN3CCCC3=O)C2=O)cc1. The van der Waals surface area contributed by atoms with Gasteiger partial charge in [-0.25, -0.2) is 4.79 Å². The number of methoxy groups -OCH3 is 1. The topological polar surface area (TPSA) is 82.2 Å². The molecule has 8 nitrogen and oxygen atoms in total. The van der Waals surface area contributed by atoms with Gasteiger partial charge in [0.25, 0.3) is 0 Å². The molecule has 3 rings (SSSR count). The van der Waals surface area contributed by atoms with Crippen molar-refractivity contribution in [1.29, 1.82) is 0 Å². The molecule has 8 heteroatoms. The summed E-state index contributed by atoms with van der Waals surface area (Å²) in [5, 5.41) is 2.83. The van der Waals surface area contributed by atoms with E-state index in [0.29, 0.717) is 32.6 Å². The van der Waals surface area contributed by atoms with E-state index < -0.39 is 0 Å². The summed E-state index contributed by atoms with van der Waals surface area (Å²) in [6.45, 7) is 3.11. The second kappa shape index (κ2) is 8.75. The highest BCUT2D eigenvalue weighted by Gasteiger charge is 2.30. The molecule has 1 aromatic carbocycles. The minimum absolute atomic E-state index is 0.0497. The fourth-order valence-corrected chi connectivity index (χ4v) is 3.40. The Labute approximate surface area is 159 Å². The van der Waals surface area contributed by atoms with E-state index in [2.05, 4.69) is 5.32 Å². The molecule has 0 saturated carbocycles. The molecule has 0 unspecified atom stereocenters. The predicted molar refractivity (Wildman–Crippen MR) is 101 cm³/mol. The lowest BCUT2D eigenvalue weighted by molar-refractivity contribution is -0.127. The fourth-order valence-electron chi connectivity index (χ4n) is 3.40. The maximum atomic E-state index is 12.5. The van der Waals surface area contributed by atoms with E-state index in [9.17, 15) is 14.4 Å². The Bertz CT molecular complexity index is 691. The van der Waals surface area contributed by atoms with E-state index in [-0.39, 0.29) is 24.4 Å². The molecular weight excluding hydrogens is 348 g/mol. The minimum atomic E-state index is -0.173.